The van der Waals surface area contributed by atoms with Gasteiger partial charge in [0.15, 0.2) is 16.6 Å². The summed E-state index contributed by atoms with van der Waals surface area (Å²) in [5.41, 5.74) is 10.0. The van der Waals surface area contributed by atoms with Crippen molar-refractivity contribution in [2.75, 3.05) is 18.8 Å². The third kappa shape index (κ3) is 2.92. The first-order chi connectivity index (χ1) is 13.6. The topological polar surface area (TPSA) is 85.2 Å². The van der Waals surface area contributed by atoms with Gasteiger partial charge in [-0.25, -0.2) is 9.97 Å². The number of fused-ring (bicyclic) bond motifs is 2. The highest BCUT2D eigenvalue weighted by Gasteiger charge is 2.29. The molecule has 28 heavy (non-hydrogen) atoms. The Hall–Kier alpha value is -2.93. The van der Waals surface area contributed by atoms with Crippen LogP contribution in [0.5, 0.6) is 0 Å². The second-order valence-electron chi connectivity index (χ2n) is 7.30. The molecule has 0 aliphatic carbocycles. The van der Waals surface area contributed by atoms with Gasteiger partial charge in [-0.2, -0.15) is 0 Å². The van der Waals surface area contributed by atoms with Gasteiger partial charge in [-0.1, -0.05) is 23.5 Å². The maximum atomic E-state index is 13.2. The minimum atomic E-state index is 0.0396. The van der Waals surface area contributed by atoms with E-state index in [1.807, 2.05) is 48.2 Å². The average Bonchev–Trinajstić information content (AvgIpc) is 3.30. The summed E-state index contributed by atoms with van der Waals surface area (Å²) in [6.07, 6.45) is 1.91. The Labute approximate surface area is 166 Å². The number of aromatic nitrogens is 2. The van der Waals surface area contributed by atoms with E-state index in [2.05, 4.69) is 9.97 Å². The van der Waals surface area contributed by atoms with Gasteiger partial charge in [-0.3, -0.25) is 4.79 Å². The minimum Gasteiger partial charge on any atom is -0.440 e. The van der Waals surface area contributed by atoms with Crippen LogP contribution >= 0.6 is 11.3 Å². The lowest BCUT2D eigenvalue weighted by Crippen LogP contribution is -2.39. The summed E-state index contributed by atoms with van der Waals surface area (Å²) in [5.74, 6) is 0.882. The summed E-state index contributed by atoms with van der Waals surface area (Å²) in [5, 5.41) is 0.525. The number of amides is 1. The standard InChI is InChI=1S/C21H20N4O2S/c1-12-9-14(10-17-18(12)24-21(22)28-17)20(26)25-8-4-5-13(11-25)19-23-15-6-2-3-7-16(15)27-19/h2-3,6-7,9-10,13H,4-5,8,11H2,1H3,(H2,22,24). The molecule has 5 rings (SSSR count). The third-order valence-electron chi connectivity index (χ3n) is 5.32. The highest BCUT2D eigenvalue weighted by molar-refractivity contribution is 7.22. The van der Waals surface area contributed by atoms with Gasteiger partial charge in [-0.15, -0.1) is 0 Å². The van der Waals surface area contributed by atoms with Gasteiger partial charge in [-0.05, 0) is 49.6 Å². The molecular formula is C21H20N4O2S. The Morgan fingerprint density at radius 2 is 2.14 bits per heavy atom. The lowest BCUT2D eigenvalue weighted by molar-refractivity contribution is 0.0699. The van der Waals surface area contributed by atoms with Crippen LogP contribution in [-0.2, 0) is 0 Å². The molecule has 4 aromatic rings. The molecule has 7 heteroatoms. The number of benzene rings is 2. The SMILES string of the molecule is Cc1cc(C(=O)N2CCCC(c3nc4ccccc4o3)C2)cc2sc(N)nc12. The molecule has 142 valence electrons. The number of nitrogen functional groups attached to an aromatic ring is 1. The largest absolute Gasteiger partial charge is 0.440 e. The number of likely N-dealkylation sites (tertiary alicyclic amines) is 1. The smallest absolute Gasteiger partial charge is 0.253 e. The second-order valence-corrected chi connectivity index (χ2v) is 8.36. The van der Waals surface area contributed by atoms with E-state index in [9.17, 15) is 4.79 Å². The highest BCUT2D eigenvalue weighted by atomic mass is 32.1. The molecule has 1 fully saturated rings. The fourth-order valence-corrected chi connectivity index (χ4v) is 4.80. The molecule has 0 saturated carbocycles. The van der Waals surface area contributed by atoms with Crippen molar-refractivity contribution in [1.29, 1.82) is 0 Å². The van der Waals surface area contributed by atoms with Gasteiger partial charge in [0.1, 0.15) is 5.52 Å². The Balaban J connectivity index is 1.42. The molecule has 0 bridgehead atoms. The van der Waals surface area contributed by atoms with Crippen molar-refractivity contribution in [2.24, 2.45) is 0 Å². The molecule has 0 radical (unpaired) electrons. The molecule has 1 unspecified atom stereocenters. The zero-order valence-electron chi connectivity index (χ0n) is 15.5. The molecule has 2 N–H and O–H groups in total. The molecule has 1 aliphatic rings. The predicted octanol–water partition coefficient (Wildman–Crippen LogP) is 4.35. The number of oxazole rings is 1. The second kappa shape index (κ2) is 6.60. The van der Waals surface area contributed by atoms with Gasteiger partial charge in [0.05, 0.1) is 16.1 Å². The molecule has 6 nitrogen and oxygen atoms in total. The van der Waals surface area contributed by atoms with Gasteiger partial charge < -0.3 is 15.1 Å². The summed E-state index contributed by atoms with van der Waals surface area (Å²) in [4.78, 5) is 24.1. The normalized spacial score (nSPS) is 17.5. The Morgan fingerprint density at radius 3 is 3.00 bits per heavy atom. The number of aryl methyl sites for hydroxylation is 1. The minimum absolute atomic E-state index is 0.0396. The zero-order valence-corrected chi connectivity index (χ0v) is 16.3. The van der Waals surface area contributed by atoms with E-state index in [1.54, 1.807) is 0 Å². The fourth-order valence-electron chi connectivity index (χ4n) is 3.95. The first kappa shape index (κ1) is 17.2. The molecule has 3 heterocycles. The molecule has 1 amide bonds. The summed E-state index contributed by atoms with van der Waals surface area (Å²) in [7, 11) is 0. The summed E-state index contributed by atoms with van der Waals surface area (Å²) in [6, 6.07) is 11.6. The fraction of sp³-hybridized carbons (Fsp3) is 0.286. The van der Waals surface area contributed by atoms with Crippen molar-refractivity contribution in [3.8, 4) is 0 Å². The molecule has 1 atom stereocenters. The maximum Gasteiger partial charge on any atom is 0.253 e. The molecule has 2 aromatic carbocycles. The molecular weight excluding hydrogens is 372 g/mol. The molecule has 1 aliphatic heterocycles. The van der Waals surface area contributed by atoms with Crippen LogP contribution in [-0.4, -0.2) is 33.9 Å². The summed E-state index contributed by atoms with van der Waals surface area (Å²) < 4.78 is 6.90. The van der Waals surface area contributed by atoms with E-state index >= 15 is 0 Å². The number of piperidine rings is 1. The van der Waals surface area contributed by atoms with Crippen LogP contribution in [0.2, 0.25) is 0 Å². The summed E-state index contributed by atoms with van der Waals surface area (Å²) in [6.45, 7) is 3.33. The Bertz CT molecular complexity index is 1160. The first-order valence-corrected chi connectivity index (χ1v) is 10.2. The number of carbonyl (C=O) groups excluding carboxylic acids is 1. The van der Waals surface area contributed by atoms with E-state index in [1.165, 1.54) is 11.3 Å². The van der Waals surface area contributed by atoms with Crippen molar-refractivity contribution in [3.05, 3.63) is 53.4 Å². The number of hydrogen-bond acceptors (Lipinski definition) is 6. The van der Waals surface area contributed by atoms with Crippen molar-refractivity contribution >= 4 is 43.7 Å². The zero-order chi connectivity index (χ0) is 19.3. The molecule has 0 spiro atoms. The van der Waals surface area contributed by atoms with Crippen LogP contribution in [0.15, 0.2) is 40.8 Å². The first-order valence-electron chi connectivity index (χ1n) is 9.40. The number of carbonyl (C=O) groups is 1. The Morgan fingerprint density at radius 1 is 1.29 bits per heavy atom. The quantitative estimate of drug-likeness (QED) is 0.548. The van der Waals surface area contributed by atoms with Gasteiger partial charge in [0.25, 0.3) is 5.91 Å². The lowest BCUT2D eigenvalue weighted by Gasteiger charge is -2.31. The van der Waals surface area contributed by atoms with Crippen molar-refractivity contribution in [2.45, 2.75) is 25.7 Å². The van der Waals surface area contributed by atoms with E-state index in [0.717, 1.165) is 52.2 Å². The van der Waals surface area contributed by atoms with Crippen LogP contribution in [0.3, 0.4) is 0 Å². The van der Waals surface area contributed by atoms with Crippen molar-refractivity contribution in [3.63, 3.8) is 0 Å². The highest BCUT2D eigenvalue weighted by Crippen LogP contribution is 2.31. The number of nitrogens with two attached hydrogens (primary N) is 1. The molecule has 1 saturated heterocycles. The summed E-state index contributed by atoms with van der Waals surface area (Å²) >= 11 is 1.42. The number of thiazole rings is 1. The number of hydrogen-bond donors (Lipinski definition) is 1. The van der Waals surface area contributed by atoms with Gasteiger partial charge >= 0.3 is 0 Å². The van der Waals surface area contributed by atoms with Crippen LogP contribution in [0.1, 0.15) is 40.6 Å². The van der Waals surface area contributed by atoms with Crippen LogP contribution < -0.4 is 5.73 Å². The Kier molecular flexibility index (Phi) is 4.05. The van der Waals surface area contributed by atoms with E-state index < -0.39 is 0 Å². The van der Waals surface area contributed by atoms with Crippen LogP contribution in [0, 0.1) is 6.92 Å². The van der Waals surface area contributed by atoms with Gasteiger partial charge in [0.2, 0.25) is 0 Å². The molecule has 2 aromatic heterocycles. The van der Waals surface area contributed by atoms with Crippen LogP contribution in [0.25, 0.3) is 21.3 Å². The number of rotatable bonds is 2. The monoisotopic (exact) mass is 392 g/mol. The van der Waals surface area contributed by atoms with Crippen molar-refractivity contribution < 1.29 is 9.21 Å². The number of nitrogens with zero attached hydrogens (tertiary/aromatic N) is 3. The van der Waals surface area contributed by atoms with Gasteiger partial charge in [0, 0.05) is 18.7 Å². The number of para-hydroxylation sites is 2. The van der Waals surface area contributed by atoms with E-state index in [0.29, 0.717) is 17.2 Å². The average molecular weight is 392 g/mol. The van der Waals surface area contributed by atoms with Crippen LogP contribution in [0.4, 0.5) is 5.13 Å². The predicted molar refractivity (Wildman–Crippen MR) is 111 cm³/mol. The third-order valence-corrected chi connectivity index (χ3v) is 6.15. The van der Waals surface area contributed by atoms with E-state index in [-0.39, 0.29) is 11.8 Å². The number of anilines is 1. The maximum absolute atomic E-state index is 13.2. The van der Waals surface area contributed by atoms with Crippen molar-refractivity contribution in [1.82, 2.24) is 14.9 Å². The van der Waals surface area contributed by atoms with E-state index in [4.69, 9.17) is 10.2 Å². The lowest BCUT2D eigenvalue weighted by atomic mass is 9.97.